The molecular weight excluding hydrogens is 316 g/mol. The van der Waals surface area contributed by atoms with Crippen molar-refractivity contribution in [1.29, 1.82) is 0 Å². The molecule has 1 aromatic carbocycles. The van der Waals surface area contributed by atoms with Gasteiger partial charge in [0.1, 0.15) is 0 Å². The maximum atomic E-state index is 12.7. The van der Waals surface area contributed by atoms with Crippen LogP contribution < -0.4 is 5.32 Å². The summed E-state index contributed by atoms with van der Waals surface area (Å²) in [5, 5.41) is 12.1. The molecule has 0 aliphatic heterocycles. The van der Waals surface area contributed by atoms with Gasteiger partial charge in [0.25, 0.3) is 5.91 Å². The number of amides is 2. The zero-order valence-electron chi connectivity index (χ0n) is 15.7. The Bertz CT molecular complexity index is 619. The number of benzene rings is 1. The Morgan fingerprint density at radius 1 is 1.24 bits per heavy atom. The normalized spacial score (nSPS) is 21.5. The molecule has 2 fully saturated rings. The van der Waals surface area contributed by atoms with E-state index in [4.69, 9.17) is 0 Å². The predicted molar refractivity (Wildman–Crippen MR) is 98.6 cm³/mol. The Labute approximate surface area is 150 Å². The highest BCUT2D eigenvalue weighted by atomic mass is 16.3. The van der Waals surface area contributed by atoms with E-state index in [1.54, 1.807) is 7.05 Å². The average molecular weight is 346 g/mol. The van der Waals surface area contributed by atoms with E-state index in [0.29, 0.717) is 24.3 Å². The number of carbonyl (C=O) groups is 2. The summed E-state index contributed by atoms with van der Waals surface area (Å²) in [6.45, 7) is 6.08. The van der Waals surface area contributed by atoms with Crippen molar-refractivity contribution >= 4 is 11.8 Å². The molecule has 0 spiro atoms. The van der Waals surface area contributed by atoms with E-state index in [-0.39, 0.29) is 30.5 Å². The molecule has 0 aromatic heterocycles. The minimum absolute atomic E-state index is 0.0439. The lowest BCUT2D eigenvalue weighted by atomic mass is 9.89. The smallest absolute Gasteiger partial charge is 0.254 e. The second-order valence-corrected chi connectivity index (χ2v) is 6.92. The monoisotopic (exact) mass is 346 g/mol. The number of carbonyl (C=O) groups excluding carboxylic acids is 2. The van der Waals surface area contributed by atoms with Gasteiger partial charge in [-0.1, -0.05) is 31.5 Å². The van der Waals surface area contributed by atoms with Gasteiger partial charge in [-0.05, 0) is 50.2 Å². The van der Waals surface area contributed by atoms with Crippen molar-refractivity contribution in [1.82, 2.24) is 10.2 Å². The fourth-order valence-electron chi connectivity index (χ4n) is 3.08. The van der Waals surface area contributed by atoms with Crippen LogP contribution in [0.2, 0.25) is 0 Å². The summed E-state index contributed by atoms with van der Waals surface area (Å²) < 4.78 is 0. The van der Waals surface area contributed by atoms with Crippen molar-refractivity contribution in [3.63, 3.8) is 0 Å². The summed E-state index contributed by atoms with van der Waals surface area (Å²) in [4.78, 5) is 26.1. The lowest BCUT2D eigenvalue weighted by Gasteiger charge is -2.32. The van der Waals surface area contributed by atoms with Crippen LogP contribution in [0, 0.1) is 6.92 Å². The van der Waals surface area contributed by atoms with Crippen LogP contribution in [-0.2, 0) is 4.79 Å². The van der Waals surface area contributed by atoms with Gasteiger partial charge in [0.2, 0.25) is 5.91 Å². The summed E-state index contributed by atoms with van der Waals surface area (Å²) in [7, 11) is 1.66. The van der Waals surface area contributed by atoms with E-state index in [9.17, 15) is 14.7 Å². The molecule has 1 aromatic rings. The van der Waals surface area contributed by atoms with Crippen molar-refractivity contribution in [2.24, 2.45) is 0 Å². The molecule has 0 unspecified atom stereocenters. The van der Waals surface area contributed by atoms with Crippen molar-refractivity contribution in [2.45, 2.75) is 64.5 Å². The van der Waals surface area contributed by atoms with Gasteiger partial charge in [-0.2, -0.15) is 0 Å². The fraction of sp³-hybridized carbons (Fsp3) is 0.600. The molecule has 2 saturated carbocycles. The largest absolute Gasteiger partial charge is 0.393 e. The number of aryl methyl sites for hydroxylation is 1. The van der Waals surface area contributed by atoms with Crippen molar-refractivity contribution in [3.8, 4) is 0 Å². The summed E-state index contributed by atoms with van der Waals surface area (Å²) in [5.74, 6) is 0.223. The molecule has 0 atom stereocenters. The van der Waals surface area contributed by atoms with Crippen LogP contribution in [0.5, 0.6) is 0 Å². The number of aliphatic hydroxyl groups is 1. The highest BCUT2D eigenvalue weighted by Gasteiger charge is 2.31. The van der Waals surface area contributed by atoms with Gasteiger partial charge < -0.3 is 15.3 Å². The van der Waals surface area contributed by atoms with Gasteiger partial charge in [-0.3, -0.25) is 9.59 Å². The zero-order chi connectivity index (χ0) is 18.6. The van der Waals surface area contributed by atoms with Gasteiger partial charge in [-0.25, -0.2) is 0 Å². The van der Waals surface area contributed by atoms with E-state index in [1.807, 2.05) is 32.9 Å². The summed E-state index contributed by atoms with van der Waals surface area (Å²) >= 11 is 0. The molecule has 25 heavy (non-hydrogen) atoms. The number of likely N-dealkylation sites (N-methyl/N-ethyl adjacent to an activating group) is 1. The maximum absolute atomic E-state index is 12.7. The number of hydrogen-bond acceptors (Lipinski definition) is 3. The molecule has 0 radical (unpaired) electrons. The first-order valence-electron chi connectivity index (χ1n) is 9.27. The number of aliphatic hydroxyl groups excluding tert-OH is 1. The van der Waals surface area contributed by atoms with Crippen LogP contribution in [0.3, 0.4) is 0 Å². The Morgan fingerprint density at radius 2 is 1.88 bits per heavy atom. The lowest BCUT2D eigenvalue weighted by Crippen LogP contribution is -2.49. The molecular formula is C20H30N2O3. The summed E-state index contributed by atoms with van der Waals surface area (Å²) in [5.41, 5.74) is 2.99. The highest BCUT2D eigenvalue weighted by molar-refractivity contribution is 5.98. The minimum Gasteiger partial charge on any atom is -0.393 e. The topological polar surface area (TPSA) is 69.6 Å². The van der Waals surface area contributed by atoms with Gasteiger partial charge in [0.15, 0.2) is 0 Å². The first-order chi connectivity index (χ1) is 11.9. The quantitative estimate of drug-likeness (QED) is 0.861. The van der Waals surface area contributed by atoms with Crippen LogP contribution in [0.25, 0.3) is 0 Å². The Hall–Kier alpha value is -1.88. The first kappa shape index (κ1) is 19.4. The van der Waals surface area contributed by atoms with Gasteiger partial charge in [0.05, 0.1) is 12.6 Å². The number of rotatable bonds is 5. The molecule has 0 bridgehead atoms. The van der Waals surface area contributed by atoms with Gasteiger partial charge >= 0.3 is 0 Å². The Balaban J connectivity index is 0.00000109. The SMILES string of the molecule is CC.Cc1ccc(C(=O)N(C)CC(=O)NC2CC(O)C2)c(C2CC2)c1. The molecule has 138 valence electrons. The molecule has 0 saturated heterocycles. The molecule has 2 amide bonds. The van der Waals surface area contributed by atoms with E-state index in [1.165, 1.54) is 4.90 Å². The van der Waals surface area contributed by atoms with Gasteiger partial charge in [-0.15, -0.1) is 0 Å². The molecule has 5 heteroatoms. The second-order valence-electron chi connectivity index (χ2n) is 6.92. The molecule has 2 N–H and O–H groups in total. The van der Waals surface area contributed by atoms with E-state index < -0.39 is 0 Å². The minimum atomic E-state index is -0.298. The number of hydrogen-bond donors (Lipinski definition) is 2. The molecule has 2 aliphatic carbocycles. The highest BCUT2D eigenvalue weighted by Crippen LogP contribution is 2.42. The van der Waals surface area contributed by atoms with Crippen molar-refractivity contribution < 1.29 is 14.7 Å². The third-order valence-electron chi connectivity index (χ3n) is 4.66. The molecule has 3 rings (SSSR count). The van der Waals surface area contributed by atoms with Crippen LogP contribution in [0.15, 0.2) is 18.2 Å². The third-order valence-corrected chi connectivity index (χ3v) is 4.66. The van der Waals surface area contributed by atoms with Crippen LogP contribution in [0.1, 0.15) is 66.9 Å². The summed E-state index contributed by atoms with van der Waals surface area (Å²) in [6.07, 6.45) is 3.18. The standard InChI is InChI=1S/C18H24N2O3.C2H6/c1-11-3-6-15(16(7-11)12-4-5-12)18(23)20(2)10-17(22)19-13-8-14(21)9-13;1-2/h3,6-7,12-14,21H,4-5,8-10H2,1-2H3,(H,19,22);1-2H3. The molecule has 0 heterocycles. The van der Waals surface area contributed by atoms with Crippen molar-refractivity contribution in [3.05, 3.63) is 34.9 Å². The predicted octanol–water partition coefficient (Wildman–Crippen LogP) is 2.61. The zero-order valence-corrected chi connectivity index (χ0v) is 15.7. The van der Waals surface area contributed by atoms with E-state index in [0.717, 1.165) is 24.0 Å². The lowest BCUT2D eigenvalue weighted by molar-refractivity contribution is -0.123. The second kappa shape index (κ2) is 8.48. The van der Waals surface area contributed by atoms with Crippen LogP contribution >= 0.6 is 0 Å². The van der Waals surface area contributed by atoms with Crippen molar-refractivity contribution in [2.75, 3.05) is 13.6 Å². The average Bonchev–Trinajstić information content (AvgIpc) is 3.39. The molecule has 2 aliphatic rings. The Morgan fingerprint density at radius 3 is 2.44 bits per heavy atom. The number of nitrogens with one attached hydrogen (secondary N) is 1. The third kappa shape index (κ3) is 5.05. The first-order valence-corrected chi connectivity index (χ1v) is 9.27. The maximum Gasteiger partial charge on any atom is 0.254 e. The van der Waals surface area contributed by atoms with E-state index in [2.05, 4.69) is 11.4 Å². The van der Waals surface area contributed by atoms with Crippen LogP contribution in [-0.4, -0.2) is 47.6 Å². The number of nitrogens with zero attached hydrogens (tertiary/aromatic N) is 1. The molecule has 5 nitrogen and oxygen atoms in total. The van der Waals surface area contributed by atoms with Crippen LogP contribution in [0.4, 0.5) is 0 Å². The van der Waals surface area contributed by atoms with E-state index >= 15 is 0 Å². The Kier molecular flexibility index (Phi) is 6.59. The van der Waals surface area contributed by atoms with Gasteiger partial charge in [0, 0.05) is 18.7 Å². The summed E-state index contributed by atoms with van der Waals surface area (Å²) in [6, 6.07) is 5.96. The fourth-order valence-corrected chi connectivity index (χ4v) is 3.08.